The van der Waals surface area contributed by atoms with Gasteiger partial charge < -0.3 is 10.1 Å². The summed E-state index contributed by atoms with van der Waals surface area (Å²) in [6.45, 7) is 1.18. The third-order valence-corrected chi connectivity index (χ3v) is 3.18. The topological polar surface area (TPSA) is 38.3 Å². The monoisotopic (exact) mass is 301 g/mol. The summed E-state index contributed by atoms with van der Waals surface area (Å²) in [5.74, 6) is -0.919. The molecular formula is C12H13BrFNO2. The number of amides is 1. The molecule has 1 saturated heterocycles. The lowest BCUT2D eigenvalue weighted by Gasteiger charge is -2.11. The van der Waals surface area contributed by atoms with Crippen LogP contribution in [0.1, 0.15) is 23.2 Å². The molecule has 5 heteroatoms. The SMILES string of the molecule is O=C(NCC1CCCO1)c1cc(Br)ccc1F. The van der Waals surface area contributed by atoms with E-state index in [0.29, 0.717) is 11.0 Å². The Labute approximate surface area is 107 Å². The van der Waals surface area contributed by atoms with Crippen molar-refractivity contribution in [1.82, 2.24) is 5.32 Å². The van der Waals surface area contributed by atoms with Crippen LogP contribution in [-0.4, -0.2) is 25.2 Å². The summed E-state index contributed by atoms with van der Waals surface area (Å²) in [5, 5.41) is 2.68. The minimum Gasteiger partial charge on any atom is -0.376 e. The van der Waals surface area contributed by atoms with Crippen LogP contribution in [-0.2, 0) is 4.74 Å². The van der Waals surface area contributed by atoms with E-state index in [1.165, 1.54) is 12.1 Å². The second-order valence-corrected chi connectivity index (χ2v) is 4.88. The molecule has 1 heterocycles. The minimum absolute atomic E-state index is 0.0531. The molecule has 1 aromatic rings. The Balaban J connectivity index is 1.96. The van der Waals surface area contributed by atoms with E-state index in [1.54, 1.807) is 6.07 Å². The van der Waals surface area contributed by atoms with Crippen molar-refractivity contribution in [2.75, 3.05) is 13.2 Å². The molecule has 1 fully saturated rings. The highest BCUT2D eigenvalue weighted by Crippen LogP contribution is 2.16. The van der Waals surface area contributed by atoms with Crippen molar-refractivity contribution in [3.05, 3.63) is 34.1 Å². The van der Waals surface area contributed by atoms with Crippen LogP contribution < -0.4 is 5.32 Å². The normalized spacial score (nSPS) is 19.3. The van der Waals surface area contributed by atoms with Crippen LogP contribution in [0.5, 0.6) is 0 Å². The molecule has 0 aromatic heterocycles. The number of rotatable bonds is 3. The number of hydrogen-bond donors (Lipinski definition) is 1. The summed E-state index contributed by atoms with van der Waals surface area (Å²) < 4.78 is 19.5. The molecule has 0 bridgehead atoms. The van der Waals surface area contributed by atoms with E-state index >= 15 is 0 Å². The van der Waals surface area contributed by atoms with E-state index in [2.05, 4.69) is 21.2 Å². The van der Waals surface area contributed by atoms with E-state index in [4.69, 9.17) is 4.74 Å². The summed E-state index contributed by atoms with van der Waals surface area (Å²) >= 11 is 3.21. The standard InChI is InChI=1S/C12H13BrFNO2/c13-8-3-4-11(14)10(6-8)12(16)15-7-9-2-1-5-17-9/h3-4,6,9H,1-2,5,7H2,(H,15,16). The van der Waals surface area contributed by atoms with Gasteiger partial charge in [0.2, 0.25) is 0 Å². The molecule has 0 saturated carbocycles. The fourth-order valence-corrected chi connectivity index (χ4v) is 2.14. The molecule has 1 amide bonds. The molecule has 0 aliphatic carbocycles. The highest BCUT2D eigenvalue weighted by molar-refractivity contribution is 9.10. The van der Waals surface area contributed by atoms with Crippen molar-refractivity contribution < 1.29 is 13.9 Å². The third kappa shape index (κ3) is 3.26. The van der Waals surface area contributed by atoms with E-state index in [1.807, 2.05) is 0 Å². The number of benzene rings is 1. The van der Waals surface area contributed by atoms with Gasteiger partial charge in [-0.15, -0.1) is 0 Å². The number of carbonyl (C=O) groups excluding carboxylic acids is 1. The number of carbonyl (C=O) groups is 1. The Morgan fingerprint density at radius 1 is 1.59 bits per heavy atom. The quantitative estimate of drug-likeness (QED) is 0.931. The van der Waals surface area contributed by atoms with Crippen LogP contribution in [0.25, 0.3) is 0 Å². The number of ether oxygens (including phenoxy) is 1. The van der Waals surface area contributed by atoms with Gasteiger partial charge in [0.1, 0.15) is 5.82 Å². The van der Waals surface area contributed by atoms with E-state index in [9.17, 15) is 9.18 Å². The minimum atomic E-state index is -0.516. The Hall–Kier alpha value is -0.940. The molecule has 3 nitrogen and oxygen atoms in total. The predicted octanol–water partition coefficient (Wildman–Crippen LogP) is 2.50. The van der Waals surface area contributed by atoms with Crippen LogP contribution in [0.3, 0.4) is 0 Å². The highest BCUT2D eigenvalue weighted by Gasteiger charge is 2.18. The van der Waals surface area contributed by atoms with E-state index < -0.39 is 11.7 Å². The van der Waals surface area contributed by atoms with Gasteiger partial charge >= 0.3 is 0 Å². The molecule has 1 aromatic carbocycles. The lowest BCUT2D eigenvalue weighted by molar-refractivity contribution is 0.0854. The van der Waals surface area contributed by atoms with Gasteiger partial charge in [0.05, 0.1) is 11.7 Å². The molecule has 2 rings (SSSR count). The number of halogens is 2. The van der Waals surface area contributed by atoms with Gasteiger partial charge in [0, 0.05) is 17.6 Å². The number of nitrogens with one attached hydrogen (secondary N) is 1. The lowest BCUT2D eigenvalue weighted by atomic mass is 10.2. The smallest absolute Gasteiger partial charge is 0.254 e. The molecule has 0 spiro atoms. The summed E-state index contributed by atoms with van der Waals surface area (Å²) in [6.07, 6.45) is 2.03. The Bertz CT molecular complexity index is 419. The van der Waals surface area contributed by atoms with Crippen LogP contribution in [0.2, 0.25) is 0 Å². The lowest BCUT2D eigenvalue weighted by Crippen LogP contribution is -2.32. The fraction of sp³-hybridized carbons (Fsp3) is 0.417. The van der Waals surface area contributed by atoms with Gasteiger partial charge in [0.15, 0.2) is 0 Å². The van der Waals surface area contributed by atoms with Crippen molar-refractivity contribution in [3.63, 3.8) is 0 Å². The zero-order valence-electron chi connectivity index (χ0n) is 9.21. The van der Waals surface area contributed by atoms with Crippen LogP contribution >= 0.6 is 15.9 Å². The molecule has 1 unspecified atom stereocenters. The fourth-order valence-electron chi connectivity index (χ4n) is 1.78. The first kappa shape index (κ1) is 12.5. The predicted molar refractivity (Wildman–Crippen MR) is 65.4 cm³/mol. The first-order chi connectivity index (χ1) is 8.16. The molecule has 1 aliphatic heterocycles. The van der Waals surface area contributed by atoms with Crippen molar-refractivity contribution in [1.29, 1.82) is 0 Å². The summed E-state index contributed by atoms with van der Waals surface area (Å²) in [6, 6.07) is 4.30. The van der Waals surface area contributed by atoms with Crippen molar-refractivity contribution in [2.45, 2.75) is 18.9 Å². The number of hydrogen-bond acceptors (Lipinski definition) is 2. The largest absolute Gasteiger partial charge is 0.376 e. The van der Waals surface area contributed by atoms with Gasteiger partial charge in [-0.2, -0.15) is 0 Å². The summed E-state index contributed by atoms with van der Waals surface area (Å²) in [5.41, 5.74) is 0.0531. The molecule has 92 valence electrons. The molecule has 0 radical (unpaired) electrons. The average molecular weight is 302 g/mol. The Morgan fingerprint density at radius 2 is 2.41 bits per heavy atom. The second kappa shape index (κ2) is 5.60. The van der Waals surface area contributed by atoms with Crippen molar-refractivity contribution in [2.24, 2.45) is 0 Å². The van der Waals surface area contributed by atoms with Gasteiger partial charge in [-0.25, -0.2) is 4.39 Å². The van der Waals surface area contributed by atoms with Gasteiger partial charge in [-0.1, -0.05) is 15.9 Å². The van der Waals surface area contributed by atoms with E-state index in [0.717, 1.165) is 19.4 Å². The van der Waals surface area contributed by atoms with Crippen molar-refractivity contribution in [3.8, 4) is 0 Å². The maximum atomic E-state index is 13.4. The first-order valence-electron chi connectivity index (χ1n) is 5.51. The Kier molecular flexibility index (Phi) is 4.12. The van der Waals surface area contributed by atoms with Gasteiger partial charge in [0.25, 0.3) is 5.91 Å². The molecule has 1 atom stereocenters. The maximum Gasteiger partial charge on any atom is 0.254 e. The first-order valence-corrected chi connectivity index (χ1v) is 6.31. The zero-order valence-corrected chi connectivity index (χ0v) is 10.8. The second-order valence-electron chi connectivity index (χ2n) is 3.97. The van der Waals surface area contributed by atoms with Crippen molar-refractivity contribution >= 4 is 21.8 Å². The van der Waals surface area contributed by atoms with Gasteiger partial charge in [-0.05, 0) is 31.0 Å². The maximum absolute atomic E-state index is 13.4. The van der Waals surface area contributed by atoms with Crippen LogP contribution in [0.4, 0.5) is 4.39 Å². The molecule has 17 heavy (non-hydrogen) atoms. The van der Waals surface area contributed by atoms with E-state index in [-0.39, 0.29) is 11.7 Å². The molecule has 1 N–H and O–H groups in total. The Morgan fingerprint density at radius 3 is 3.12 bits per heavy atom. The zero-order chi connectivity index (χ0) is 12.3. The van der Waals surface area contributed by atoms with Gasteiger partial charge in [-0.3, -0.25) is 4.79 Å². The van der Waals surface area contributed by atoms with Crippen LogP contribution in [0.15, 0.2) is 22.7 Å². The van der Waals surface area contributed by atoms with Crippen LogP contribution in [0, 0.1) is 5.82 Å². The molecular weight excluding hydrogens is 289 g/mol. The molecule has 1 aliphatic rings. The average Bonchev–Trinajstić information content (AvgIpc) is 2.82. The highest BCUT2D eigenvalue weighted by atomic mass is 79.9. The third-order valence-electron chi connectivity index (χ3n) is 2.69. The summed E-state index contributed by atoms with van der Waals surface area (Å²) in [7, 11) is 0. The summed E-state index contributed by atoms with van der Waals surface area (Å²) in [4.78, 5) is 11.7.